The predicted octanol–water partition coefficient (Wildman–Crippen LogP) is 3.68. The maximum atomic E-state index is 4.84. The molecule has 0 aromatic carbocycles. The molecular formula is C13H29N3O. The molecule has 1 rings (SSSR count). The van der Waals surface area contributed by atoms with Gasteiger partial charge in [0, 0.05) is 13.7 Å². The highest BCUT2D eigenvalue weighted by molar-refractivity contribution is 4.54. The zero-order valence-electron chi connectivity index (χ0n) is 12.1. The highest BCUT2D eigenvalue weighted by Gasteiger charge is 1.80. The smallest absolute Gasteiger partial charge is 0.0690 e. The van der Waals surface area contributed by atoms with Crippen molar-refractivity contribution in [3.63, 3.8) is 0 Å². The molecule has 0 bridgehead atoms. The zero-order valence-corrected chi connectivity index (χ0v) is 12.1. The second-order valence-electron chi connectivity index (χ2n) is 4.16. The Morgan fingerprint density at radius 1 is 1.12 bits per heavy atom. The number of hydrogen-bond donors (Lipinski definition) is 1. The molecule has 1 aromatic rings. The van der Waals surface area contributed by atoms with E-state index >= 15 is 0 Å². The fraction of sp³-hybridized carbons (Fsp3) is 0.846. The number of nitrogens with zero attached hydrogens (tertiary/aromatic N) is 2. The van der Waals surface area contributed by atoms with E-state index < -0.39 is 0 Å². The number of methoxy groups -OCH3 is 1. The first kappa shape index (κ1) is 18.5. The minimum atomic E-state index is 0.884. The van der Waals surface area contributed by atoms with Crippen LogP contribution in [0.1, 0.15) is 53.4 Å². The molecule has 0 unspecified atom stereocenters. The van der Waals surface area contributed by atoms with Gasteiger partial charge in [0.1, 0.15) is 0 Å². The summed E-state index contributed by atoms with van der Waals surface area (Å²) in [5.74, 6) is 0.884. The van der Waals surface area contributed by atoms with Crippen LogP contribution < -0.4 is 0 Å². The van der Waals surface area contributed by atoms with Crippen molar-refractivity contribution in [2.24, 2.45) is 5.92 Å². The fourth-order valence-corrected chi connectivity index (χ4v) is 0.663. The Bertz CT molecular complexity index is 167. The van der Waals surface area contributed by atoms with Crippen LogP contribution in [0.3, 0.4) is 0 Å². The van der Waals surface area contributed by atoms with Crippen LogP contribution in [0.25, 0.3) is 0 Å². The number of hydrogen-bond acceptors (Lipinski definition) is 3. The highest BCUT2D eigenvalue weighted by atomic mass is 16.5. The van der Waals surface area contributed by atoms with E-state index in [4.69, 9.17) is 4.74 Å². The number of aromatic amines is 1. The van der Waals surface area contributed by atoms with Crippen LogP contribution in [0.15, 0.2) is 12.4 Å². The van der Waals surface area contributed by atoms with Gasteiger partial charge in [-0.2, -0.15) is 15.4 Å². The van der Waals surface area contributed by atoms with Crippen molar-refractivity contribution >= 4 is 0 Å². The molecule has 0 aliphatic heterocycles. The molecule has 0 atom stereocenters. The predicted molar refractivity (Wildman–Crippen MR) is 72.9 cm³/mol. The molecule has 0 aliphatic rings. The summed E-state index contributed by atoms with van der Waals surface area (Å²) in [6, 6.07) is 0. The molecule has 0 spiro atoms. The van der Waals surface area contributed by atoms with Crippen molar-refractivity contribution < 1.29 is 4.74 Å². The molecule has 1 heterocycles. The quantitative estimate of drug-likeness (QED) is 0.803. The van der Waals surface area contributed by atoms with E-state index in [-0.39, 0.29) is 0 Å². The van der Waals surface area contributed by atoms with Crippen molar-refractivity contribution in [2.45, 2.75) is 53.4 Å². The van der Waals surface area contributed by atoms with Crippen LogP contribution in [0.5, 0.6) is 0 Å². The number of aromatic nitrogens is 3. The van der Waals surface area contributed by atoms with E-state index in [0.29, 0.717) is 0 Å². The summed E-state index contributed by atoms with van der Waals surface area (Å²) in [6.07, 6.45) is 8.27. The topological polar surface area (TPSA) is 50.8 Å². The number of H-pyrrole nitrogens is 1. The number of rotatable bonds is 5. The Labute approximate surface area is 106 Å². The molecule has 1 aromatic heterocycles. The lowest BCUT2D eigenvalue weighted by Gasteiger charge is -1.92. The third kappa shape index (κ3) is 25.4. The third-order valence-electron chi connectivity index (χ3n) is 2.10. The van der Waals surface area contributed by atoms with Gasteiger partial charge in [-0.3, -0.25) is 0 Å². The lowest BCUT2D eigenvalue weighted by Crippen LogP contribution is -1.85. The highest BCUT2D eigenvalue weighted by Crippen LogP contribution is 1.94. The van der Waals surface area contributed by atoms with Gasteiger partial charge in [-0.15, -0.1) is 0 Å². The molecule has 0 saturated heterocycles. The average molecular weight is 243 g/mol. The third-order valence-corrected chi connectivity index (χ3v) is 2.10. The number of unbranched alkanes of at least 4 members (excludes halogenated alkanes) is 2. The van der Waals surface area contributed by atoms with Crippen LogP contribution in [-0.4, -0.2) is 29.1 Å². The molecule has 1 N–H and O–H groups in total. The standard InChI is InChI=1S/C6H14O.C5H12.C2H3N3/c1-3-4-5-6-7-2;1-4-5(2)3;1-2-4-5-3-1/h3-6H2,1-2H3;5H,4H2,1-3H3;1-2H,(H,3,4,5). The summed E-state index contributed by atoms with van der Waals surface area (Å²) in [7, 11) is 1.75. The Hall–Kier alpha value is -0.900. The van der Waals surface area contributed by atoms with E-state index in [0.717, 1.165) is 12.5 Å². The van der Waals surface area contributed by atoms with Gasteiger partial charge >= 0.3 is 0 Å². The molecule has 0 saturated carbocycles. The van der Waals surface area contributed by atoms with Gasteiger partial charge in [0.25, 0.3) is 0 Å². The van der Waals surface area contributed by atoms with Gasteiger partial charge in [-0.05, 0) is 12.3 Å². The second kappa shape index (κ2) is 17.5. The summed E-state index contributed by atoms with van der Waals surface area (Å²) >= 11 is 0. The first-order valence-electron chi connectivity index (χ1n) is 6.47. The minimum Gasteiger partial charge on any atom is -0.385 e. The van der Waals surface area contributed by atoms with Crippen LogP contribution in [-0.2, 0) is 4.74 Å². The van der Waals surface area contributed by atoms with Crippen LogP contribution in [0.4, 0.5) is 0 Å². The van der Waals surface area contributed by atoms with E-state index in [9.17, 15) is 0 Å². The molecule has 0 amide bonds. The summed E-state index contributed by atoms with van der Waals surface area (Å²) in [5.41, 5.74) is 0. The van der Waals surface area contributed by atoms with E-state index in [2.05, 4.69) is 43.1 Å². The maximum Gasteiger partial charge on any atom is 0.0690 e. The SMILES string of the molecule is CCC(C)C.CCCCCOC.c1cn[nH]n1. The maximum absolute atomic E-state index is 4.84. The van der Waals surface area contributed by atoms with E-state index in [1.165, 1.54) is 25.7 Å². The van der Waals surface area contributed by atoms with Crippen molar-refractivity contribution in [2.75, 3.05) is 13.7 Å². The van der Waals surface area contributed by atoms with Crippen LogP contribution >= 0.6 is 0 Å². The lowest BCUT2D eigenvalue weighted by molar-refractivity contribution is 0.192. The summed E-state index contributed by atoms with van der Waals surface area (Å²) < 4.78 is 4.84. The minimum absolute atomic E-state index is 0.884. The van der Waals surface area contributed by atoms with Gasteiger partial charge < -0.3 is 4.74 Å². The number of nitrogens with one attached hydrogen (secondary N) is 1. The summed E-state index contributed by atoms with van der Waals surface area (Å²) in [5, 5.41) is 9.33. The van der Waals surface area contributed by atoms with E-state index in [1.54, 1.807) is 19.5 Å². The first-order chi connectivity index (χ1) is 8.18. The first-order valence-corrected chi connectivity index (χ1v) is 6.47. The molecule has 0 fully saturated rings. The summed E-state index contributed by atoms with van der Waals surface area (Å²) in [6.45, 7) is 9.76. The molecule has 102 valence electrons. The molecule has 4 nitrogen and oxygen atoms in total. The van der Waals surface area contributed by atoms with Gasteiger partial charge in [-0.1, -0.05) is 47.0 Å². The Balaban J connectivity index is 0. The van der Waals surface area contributed by atoms with Crippen molar-refractivity contribution in [3.05, 3.63) is 12.4 Å². The Kier molecular flexibility index (Phi) is 19.0. The van der Waals surface area contributed by atoms with Crippen LogP contribution in [0.2, 0.25) is 0 Å². The van der Waals surface area contributed by atoms with Crippen molar-refractivity contribution in [1.29, 1.82) is 0 Å². The van der Waals surface area contributed by atoms with Gasteiger partial charge in [0.15, 0.2) is 0 Å². The molecule has 0 radical (unpaired) electrons. The van der Waals surface area contributed by atoms with Crippen molar-refractivity contribution in [1.82, 2.24) is 15.4 Å². The van der Waals surface area contributed by atoms with E-state index in [1.807, 2.05) is 0 Å². The normalized spacial score (nSPS) is 9.06. The van der Waals surface area contributed by atoms with Crippen molar-refractivity contribution in [3.8, 4) is 0 Å². The van der Waals surface area contributed by atoms with Gasteiger partial charge in [0.2, 0.25) is 0 Å². The monoisotopic (exact) mass is 243 g/mol. The number of ether oxygens (including phenoxy) is 1. The largest absolute Gasteiger partial charge is 0.385 e. The molecule has 4 heteroatoms. The fourth-order valence-electron chi connectivity index (χ4n) is 0.663. The average Bonchev–Trinajstić information content (AvgIpc) is 2.89. The van der Waals surface area contributed by atoms with Gasteiger partial charge in [-0.25, -0.2) is 0 Å². The second-order valence-corrected chi connectivity index (χ2v) is 4.16. The molecule has 0 aliphatic carbocycles. The molecule has 17 heavy (non-hydrogen) atoms. The molecular weight excluding hydrogens is 214 g/mol. The van der Waals surface area contributed by atoms with Gasteiger partial charge in [0.05, 0.1) is 12.4 Å². The van der Waals surface area contributed by atoms with Crippen LogP contribution in [0, 0.1) is 5.92 Å². The zero-order chi connectivity index (χ0) is 13.4. The lowest BCUT2D eigenvalue weighted by atomic mass is 10.2. The Morgan fingerprint density at radius 2 is 1.65 bits per heavy atom. The summed E-state index contributed by atoms with van der Waals surface area (Å²) in [4.78, 5) is 0. The Morgan fingerprint density at radius 3 is 1.88 bits per heavy atom.